The van der Waals surface area contributed by atoms with Crippen LogP contribution in [0.4, 0.5) is 0 Å². The molecule has 108 valence electrons. The van der Waals surface area contributed by atoms with Crippen LogP contribution in [0.25, 0.3) is 11.5 Å². The third-order valence-electron chi connectivity index (χ3n) is 4.11. The highest BCUT2D eigenvalue weighted by molar-refractivity contribution is 5.54. The van der Waals surface area contributed by atoms with Crippen LogP contribution in [0.5, 0.6) is 0 Å². The molecular weight excluding hydrogens is 254 g/mol. The van der Waals surface area contributed by atoms with E-state index in [9.17, 15) is 0 Å². The number of aromatic nitrogens is 4. The lowest BCUT2D eigenvalue weighted by Gasteiger charge is -2.23. The first kappa shape index (κ1) is 13.3. The topological polar surface area (TPSA) is 82.8 Å². The Balaban J connectivity index is 1.91. The second-order valence-electron chi connectivity index (χ2n) is 5.80. The zero-order chi connectivity index (χ0) is 14.2. The van der Waals surface area contributed by atoms with Crippen LogP contribution in [0.2, 0.25) is 0 Å². The maximum absolute atomic E-state index is 6.51. The van der Waals surface area contributed by atoms with E-state index >= 15 is 0 Å². The van der Waals surface area contributed by atoms with Crippen LogP contribution in [0.3, 0.4) is 0 Å². The molecule has 0 atom stereocenters. The van der Waals surface area contributed by atoms with Crippen LogP contribution in [-0.2, 0) is 12.6 Å². The first-order valence-corrected chi connectivity index (χ1v) is 7.22. The van der Waals surface area contributed by atoms with E-state index in [1.165, 1.54) is 12.8 Å². The van der Waals surface area contributed by atoms with Crippen molar-refractivity contribution in [2.45, 2.75) is 51.0 Å². The van der Waals surface area contributed by atoms with Crippen molar-refractivity contribution < 1.29 is 4.52 Å². The Labute approximate surface area is 118 Å². The van der Waals surface area contributed by atoms with Gasteiger partial charge in [0, 0.05) is 13.2 Å². The summed E-state index contributed by atoms with van der Waals surface area (Å²) in [6.07, 6.45) is 8.49. The molecule has 0 unspecified atom stereocenters. The zero-order valence-electron chi connectivity index (χ0n) is 12.1. The van der Waals surface area contributed by atoms with Crippen molar-refractivity contribution in [3.63, 3.8) is 0 Å². The molecule has 2 aromatic rings. The number of aryl methyl sites for hydroxylation is 2. The molecule has 2 aromatic heterocycles. The van der Waals surface area contributed by atoms with E-state index in [-0.39, 0.29) is 0 Å². The number of hydrogen-bond acceptors (Lipinski definition) is 5. The Morgan fingerprint density at radius 3 is 2.55 bits per heavy atom. The standard InChI is InChI=1S/C14H21N5O/c1-10-11(9-19(2)17-10)12-16-13(18-20-12)14(15)7-5-3-4-6-8-14/h9H,3-8,15H2,1-2H3. The highest BCUT2D eigenvalue weighted by Gasteiger charge is 2.33. The molecule has 20 heavy (non-hydrogen) atoms. The molecule has 1 aliphatic rings. The maximum Gasteiger partial charge on any atom is 0.261 e. The first-order valence-electron chi connectivity index (χ1n) is 7.22. The molecule has 0 saturated heterocycles. The van der Waals surface area contributed by atoms with E-state index in [0.29, 0.717) is 11.7 Å². The van der Waals surface area contributed by atoms with Crippen molar-refractivity contribution in [2.24, 2.45) is 12.8 Å². The minimum atomic E-state index is -0.436. The average molecular weight is 275 g/mol. The van der Waals surface area contributed by atoms with Crippen LogP contribution in [0.15, 0.2) is 10.7 Å². The summed E-state index contributed by atoms with van der Waals surface area (Å²) in [5, 5.41) is 8.43. The normalized spacial score (nSPS) is 18.9. The molecular formula is C14H21N5O. The van der Waals surface area contributed by atoms with Crippen molar-refractivity contribution in [1.82, 2.24) is 19.9 Å². The summed E-state index contributed by atoms with van der Waals surface area (Å²) >= 11 is 0. The first-order chi connectivity index (χ1) is 9.58. The summed E-state index contributed by atoms with van der Waals surface area (Å²) < 4.78 is 7.16. The summed E-state index contributed by atoms with van der Waals surface area (Å²) in [5.41, 5.74) is 7.84. The fourth-order valence-corrected chi connectivity index (χ4v) is 2.93. The van der Waals surface area contributed by atoms with Crippen molar-refractivity contribution in [3.05, 3.63) is 17.7 Å². The van der Waals surface area contributed by atoms with Gasteiger partial charge in [0.25, 0.3) is 5.89 Å². The molecule has 3 rings (SSSR count). The lowest BCUT2D eigenvalue weighted by molar-refractivity contribution is 0.334. The Morgan fingerprint density at radius 2 is 1.95 bits per heavy atom. The second-order valence-corrected chi connectivity index (χ2v) is 5.80. The molecule has 6 heteroatoms. The Hall–Kier alpha value is -1.69. The van der Waals surface area contributed by atoms with Crippen LogP contribution in [0, 0.1) is 6.92 Å². The predicted octanol–water partition coefficient (Wildman–Crippen LogP) is 2.29. The molecule has 0 bridgehead atoms. The number of hydrogen-bond donors (Lipinski definition) is 1. The Bertz CT molecular complexity index is 592. The van der Waals surface area contributed by atoms with E-state index in [0.717, 1.165) is 36.9 Å². The minimum absolute atomic E-state index is 0.436. The Kier molecular flexibility index (Phi) is 3.33. The van der Waals surface area contributed by atoms with Gasteiger partial charge >= 0.3 is 0 Å². The van der Waals surface area contributed by atoms with Crippen molar-refractivity contribution in [2.75, 3.05) is 0 Å². The van der Waals surface area contributed by atoms with Crippen LogP contribution >= 0.6 is 0 Å². The summed E-state index contributed by atoms with van der Waals surface area (Å²) in [6, 6.07) is 0. The van der Waals surface area contributed by atoms with Gasteiger partial charge < -0.3 is 10.3 Å². The van der Waals surface area contributed by atoms with Gasteiger partial charge in [-0.2, -0.15) is 10.1 Å². The zero-order valence-corrected chi connectivity index (χ0v) is 12.1. The summed E-state index contributed by atoms with van der Waals surface area (Å²) in [5.74, 6) is 1.15. The SMILES string of the molecule is Cc1nn(C)cc1-c1nc(C2(N)CCCCCC2)no1. The van der Waals surface area contributed by atoms with Gasteiger partial charge in [0.2, 0.25) is 0 Å². The van der Waals surface area contributed by atoms with Gasteiger partial charge in [-0.1, -0.05) is 30.8 Å². The fourth-order valence-electron chi connectivity index (χ4n) is 2.93. The molecule has 0 aliphatic heterocycles. The minimum Gasteiger partial charge on any atom is -0.334 e. The number of nitrogens with zero attached hydrogens (tertiary/aromatic N) is 4. The van der Waals surface area contributed by atoms with Gasteiger partial charge in [-0.15, -0.1) is 0 Å². The third kappa shape index (κ3) is 2.35. The van der Waals surface area contributed by atoms with E-state index in [1.54, 1.807) is 4.68 Å². The van der Waals surface area contributed by atoms with Gasteiger partial charge in [0.15, 0.2) is 5.82 Å². The Morgan fingerprint density at radius 1 is 1.25 bits per heavy atom. The summed E-state index contributed by atoms with van der Waals surface area (Å²) in [6.45, 7) is 1.93. The van der Waals surface area contributed by atoms with Crippen molar-refractivity contribution >= 4 is 0 Å². The predicted molar refractivity (Wildman–Crippen MR) is 74.8 cm³/mol. The lowest BCUT2D eigenvalue weighted by atomic mass is 9.91. The second kappa shape index (κ2) is 5.01. The van der Waals surface area contributed by atoms with Crippen molar-refractivity contribution in [1.29, 1.82) is 0 Å². The highest BCUT2D eigenvalue weighted by Crippen LogP contribution is 2.33. The molecule has 0 amide bonds. The van der Waals surface area contributed by atoms with Gasteiger partial charge in [0.1, 0.15) is 0 Å². The molecule has 2 heterocycles. The highest BCUT2D eigenvalue weighted by atomic mass is 16.5. The molecule has 0 aromatic carbocycles. The quantitative estimate of drug-likeness (QED) is 0.850. The van der Waals surface area contributed by atoms with Crippen molar-refractivity contribution in [3.8, 4) is 11.5 Å². The summed E-state index contributed by atoms with van der Waals surface area (Å²) in [7, 11) is 1.88. The van der Waals surface area contributed by atoms with E-state index in [2.05, 4.69) is 15.2 Å². The number of rotatable bonds is 2. The lowest BCUT2D eigenvalue weighted by Crippen LogP contribution is -2.37. The van der Waals surface area contributed by atoms with Crippen LogP contribution < -0.4 is 5.73 Å². The molecule has 1 fully saturated rings. The molecule has 2 N–H and O–H groups in total. The van der Waals surface area contributed by atoms with Gasteiger partial charge in [0.05, 0.1) is 16.8 Å². The molecule has 0 spiro atoms. The van der Waals surface area contributed by atoms with E-state index < -0.39 is 5.54 Å². The van der Waals surface area contributed by atoms with Gasteiger partial charge in [-0.3, -0.25) is 4.68 Å². The maximum atomic E-state index is 6.51. The van der Waals surface area contributed by atoms with E-state index in [4.69, 9.17) is 10.3 Å². The number of nitrogens with two attached hydrogens (primary N) is 1. The molecule has 0 radical (unpaired) electrons. The van der Waals surface area contributed by atoms with Gasteiger partial charge in [-0.05, 0) is 19.8 Å². The third-order valence-corrected chi connectivity index (χ3v) is 4.11. The van der Waals surface area contributed by atoms with E-state index in [1.807, 2.05) is 20.2 Å². The average Bonchev–Trinajstić information content (AvgIpc) is 2.94. The fraction of sp³-hybridized carbons (Fsp3) is 0.643. The van der Waals surface area contributed by atoms with Crippen LogP contribution in [0.1, 0.15) is 50.0 Å². The molecule has 1 aliphatic carbocycles. The smallest absolute Gasteiger partial charge is 0.261 e. The summed E-state index contributed by atoms with van der Waals surface area (Å²) in [4.78, 5) is 4.54. The monoisotopic (exact) mass is 275 g/mol. The molecule has 1 saturated carbocycles. The largest absolute Gasteiger partial charge is 0.334 e. The van der Waals surface area contributed by atoms with Gasteiger partial charge in [-0.25, -0.2) is 0 Å². The van der Waals surface area contributed by atoms with Crippen LogP contribution in [-0.4, -0.2) is 19.9 Å². The molecule has 6 nitrogen and oxygen atoms in total.